The average molecular weight is 562 g/mol. The Morgan fingerprint density at radius 2 is 1.76 bits per heavy atom. The van der Waals surface area contributed by atoms with Gasteiger partial charge < -0.3 is 10.1 Å². The van der Waals surface area contributed by atoms with Gasteiger partial charge in [-0.25, -0.2) is 9.40 Å². The van der Waals surface area contributed by atoms with E-state index >= 15 is 0 Å². The number of nitrogens with one attached hydrogen (secondary N) is 1. The molecule has 7 nitrogen and oxygen atoms in total. The summed E-state index contributed by atoms with van der Waals surface area (Å²) in [6, 6.07) is 20.2. The third kappa shape index (κ3) is 4.82. The van der Waals surface area contributed by atoms with Gasteiger partial charge in [0, 0.05) is 39.3 Å². The number of nitrogens with zero attached hydrogens (tertiary/aromatic N) is 2. The van der Waals surface area contributed by atoms with Gasteiger partial charge in [0.05, 0.1) is 23.7 Å². The molecule has 5 rings (SSSR count). The number of benzene rings is 3. The van der Waals surface area contributed by atoms with Gasteiger partial charge in [0.1, 0.15) is 5.82 Å². The molecule has 1 amide bonds. The second-order valence-corrected chi connectivity index (χ2v) is 9.60. The quantitative estimate of drug-likeness (QED) is 0.318. The topological polar surface area (TPSA) is 103 Å². The zero-order valence-corrected chi connectivity index (χ0v) is 21.0. The maximum absolute atomic E-state index is 14.8. The van der Waals surface area contributed by atoms with Gasteiger partial charge in [-0.1, -0.05) is 64.5 Å². The predicted octanol–water partition coefficient (Wildman–Crippen LogP) is 5.64. The number of aliphatic carboxylic acids is 1. The Morgan fingerprint density at radius 3 is 2.49 bits per heavy atom. The van der Waals surface area contributed by atoms with Crippen LogP contribution in [-0.2, 0) is 9.59 Å². The Labute approximate surface area is 219 Å². The van der Waals surface area contributed by atoms with Crippen LogP contribution in [0.1, 0.15) is 36.4 Å². The number of rotatable bonds is 6. The lowest BCUT2D eigenvalue weighted by Crippen LogP contribution is -2.28. The molecule has 4 aromatic rings. The van der Waals surface area contributed by atoms with E-state index in [-0.39, 0.29) is 35.9 Å². The van der Waals surface area contributed by atoms with Crippen molar-refractivity contribution in [2.75, 3.05) is 0 Å². The lowest BCUT2D eigenvalue weighted by molar-refractivity contribution is -0.141. The molecule has 0 saturated carbocycles. The number of carbonyl (C=O) groups is 2. The summed E-state index contributed by atoms with van der Waals surface area (Å²) >= 11 is 3.51. The summed E-state index contributed by atoms with van der Waals surface area (Å²) < 4.78 is 15.7. The fourth-order valence-electron chi connectivity index (χ4n) is 4.65. The van der Waals surface area contributed by atoms with Gasteiger partial charge in [-0.05, 0) is 29.8 Å². The number of fused-ring (bicyclic) bond motifs is 1. The maximum atomic E-state index is 14.8. The summed E-state index contributed by atoms with van der Waals surface area (Å²) in [4.78, 5) is 40.6. The Hall–Kier alpha value is -4.11. The minimum absolute atomic E-state index is 0.0855. The van der Waals surface area contributed by atoms with Crippen LogP contribution in [0.25, 0.3) is 22.0 Å². The molecule has 3 aromatic carbocycles. The minimum Gasteiger partial charge on any atom is -0.481 e. The molecular weight excluding hydrogens is 541 g/mol. The lowest BCUT2D eigenvalue weighted by atomic mass is 9.91. The van der Waals surface area contributed by atoms with E-state index in [1.807, 2.05) is 42.5 Å². The molecule has 1 aliphatic rings. The number of hydrogen-bond acceptors (Lipinski definition) is 4. The highest BCUT2D eigenvalue weighted by Gasteiger charge is 2.36. The summed E-state index contributed by atoms with van der Waals surface area (Å²) in [5.74, 6) is -2.20. The number of aromatic amines is 1. The molecule has 0 unspecified atom stereocenters. The van der Waals surface area contributed by atoms with E-state index in [0.717, 1.165) is 20.4 Å². The van der Waals surface area contributed by atoms with Crippen LogP contribution in [0.3, 0.4) is 0 Å². The zero-order valence-electron chi connectivity index (χ0n) is 19.4. The molecule has 37 heavy (non-hydrogen) atoms. The Bertz CT molecular complexity index is 1620. The first-order chi connectivity index (χ1) is 17.8. The van der Waals surface area contributed by atoms with Gasteiger partial charge in [-0.15, -0.1) is 0 Å². The molecule has 0 radical (unpaired) electrons. The van der Waals surface area contributed by atoms with E-state index in [1.165, 1.54) is 6.07 Å². The summed E-state index contributed by atoms with van der Waals surface area (Å²) in [5.41, 5.74) is 2.52. The molecule has 2 heterocycles. The van der Waals surface area contributed by atoms with Gasteiger partial charge in [-0.2, -0.15) is 5.10 Å². The maximum Gasteiger partial charge on any atom is 0.303 e. The normalized spacial score (nSPS) is 15.1. The van der Waals surface area contributed by atoms with E-state index in [9.17, 15) is 18.8 Å². The highest BCUT2D eigenvalue weighted by molar-refractivity contribution is 9.10. The van der Waals surface area contributed by atoms with Gasteiger partial charge in [-0.3, -0.25) is 14.4 Å². The van der Waals surface area contributed by atoms with Crippen LogP contribution in [0.5, 0.6) is 0 Å². The Balaban J connectivity index is 1.71. The average Bonchev–Trinajstić information content (AvgIpc) is 3.32. The third-order valence-electron chi connectivity index (χ3n) is 6.31. The van der Waals surface area contributed by atoms with Crippen LogP contribution < -0.4 is 5.56 Å². The molecule has 0 fully saturated rings. The first-order valence-electron chi connectivity index (χ1n) is 11.6. The van der Waals surface area contributed by atoms with Crippen LogP contribution in [0.15, 0.2) is 87.2 Å². The molecule has 1 aliphatic heterocycles. The van der Waals surface area contributed by atoms with Crippen molar-refractivity contribution in [3.05, 3.63) is 105 Å². The number of halogens is 2. The van der Waals surface area contributed by atoms with E-state index < -0.39 is 23.7 Å². The molecule has 9 heteroatoms. The summed E-state index contributed by atoms with van der Waals surface area (Å²) in [6.45, 7) is 0. The van der Waals surface area contributed by atoms with E-state index in [1.54, 1.807) is 24.3 Å². The number of pyridine rings is 1. The van der Waals surface area contributed by atoms with Crippen molar-refractivity contribution in [3.8, 4) is 11.1 Å². The number of aromatic nitrogens is 1. The first kappa shape index (κ1) is 24.6. The highest BCUT2D eigenvalue weighted by atomic mass is 79.9. The van der Waals surface area contributed by atoms with Gasteiger partial charge in [0.15, 0.2) is 0 Å². The largest absolute Gasteiger partial charge is 0.481 e. The van der Waals surface area contributed by atoms with Crippen molar-refractivity contribution in [2.45, 2.75) is 25.3 Å². The second-order valence-electron chi connectivity index (χ2n) is 8.68. The lowest BCUT2D eigenvalue weighted by Gasteiger charge is -2.22. The van der Waals surface area contributed by atoms with Gasteiger partial charge in [0.2, 0.25) is 5.91 Å². The van der Waals surface area contributed by atoms with E-state index in [0.29, 0.717) is 16.8 Å². The van der Waals surface area contributed by atoms with Crippen molar-refractivity contribution in [1.82, 2.24) is 9.99 Å². The van der Waals surface area contributed by atoms with Crippen molar-refractivity contribution in [2.24, 2.45) is 5.10 Å². The van der Waals surface area contributed by atoms with Crippen LogP contribution >= 0.6 is 15.9 Å². The van der Waals surface area contributed by atoms with Crippen molar-refractivity contribution in [3.63, 3.8) is 0 Å². The molecule has 186 valence electrons. The fraction of sp³-hybridized carbons (Fsp3) is 0.143. The number of carboxylic acid groups (broad SMARTS) is 1. The number of carbonyl (C=O) groups excluding carboxylic acids is 1. The number of amides is 1. The van der Waals surface area contributed by atoms with Gasteiger partial charge in [0.25, 0.3) is 5.56 Å². The number of H-pyrrole nitrogens is 1. The predicted molar refractivity (Wildman–Crippen MR) is 142 cm³/mol. The summed E-state index contributed by atoms with van der Waals surface area (Å²) in [7, 11) is 0. The Morgan fingerprint density at radius 1 is 1.03 bits per heavy atom. The molecule has 1 aromatic heterocycles. The van der Waals surface area contributed by atoms with Gasteiger partial charge >= 0.3 is 5.97 Å². The van der Waals surface area contributed by atoms with E-state index in [2.05, 4.69) is 26.0 Å². The third-order valence-corrected chi connectivity index (χ3v) is 6.80. The van der Waals surface area contributed by atoms with Crippen molar-refractivity contribution < 1.29 is 19.1 Å². The van der Waals surface area contributed by atoms with E-state index in [4.69, 9.17) is 5.11 Å². The van der Waals surface area contributed by atoms with Crippen LogP contribution in [0, 0.1) is 5.82 Å². The Kier molecular flexibility index (Phi) is 6.71. The zero-order chi connectivity index (χ0) is 26.1. The van der Waals surface area contributed by atoms with Crippen molar-refractivity contribution in [1.29, 1.82) is 0 Å². The number of hydrogen-bond donors (Lipinski definition) is 2. The second kappa shape index (κ2) is 10.1. The molecule has 0 bridgehead atoms. The molecule has 0 saturated heterocycles. The molecule has 1 atom stereocenters. The number of hydrazone groups is 1. The van der Waals surface area contributed by atoms with Crippen molar-refractivity contribution >= 4 is 44.4 Å². The molecule has 2 N–H and O–H groups in total. The molecular formula is C28H21BrFN3O4. The smallest absolute Gasteiger partial charge is 0.303 e. The first-order valence-corrected chi connectivity index (χ1v) is 12.4. The number of carboxylic acids is 1. The summed E-state index contributed by atoms with van der Waals surface area (Å²) in [5, 5.41) is 15.5. The SMILES string of the molecule is O=C(O)CCC(=O)N1N=C(c2c(-c3ccccc3)c3cc(Br)ccc3[nH]c2=O)C[C@@H]1c1ccccc1F. The highest BCUT2D eigenvalue weighted by Crippen LogP contribution is 2.38. The summed E-state index contributed by atoms with van der Waals surface area (Å²) in [6.07, 6.45) is -0.601. The minimum atomic E-state index is -1.12. The van der Waals surface area contributed by atoms with Crippen LogP contribution in [0.4, 0.5) is 4.39 Å². The molecule has 0 spiro atoms. The fourth-order valence-corrected chi connectivity index (χ4v) is 5.01. The standard InChI is InChI=1S/C28H21BrFN3O4/c29-17-10-11-21-19(14-17)26(16-6-2-1-3-7-16)27(28(37)31-21)22-15-23(18-8-4-5-9-20(18)30)33(32-22)24(34)12-13-25(35)36/h1-11,14,23H,12-13,15H2,(H,31,37)(H,35,36)/t23-/m1/s1. The molecule has 0 aliphatic carbocycles. The van der Waals surface area contributed by atoms with Crippen LogP contribution in [0.2, 0.25) is 0 Å². The van der Waals surface area contributed by atoms with Crippen LogP contribution in [-0.4, -0.2) is 32.7 Å². The monoisotopic (exact) mass is 561 g/mol.